The molecule has 0 saturated carbocycles. The normalized spacial score (nSPS) is 10.7. The summed E-state index contributed by atoms with van der Waals surface area (Å²) in [6.07, 6.45) is 0.501. The van der Waals surface area contributed by atoms with E-state index in [4.69, 9.17) is 5.11 Å². The minimum absolute atomic E-state index is 0.0804. The highest BCUT2D eigenvalue weighted by Gasteiger charge is 2.06. The van der Waals surface area contributed by atoms with Crippen molar-refractivity contribution < 1.29 is 5.11 Å². The topological polar surface area (TPSA) is 46.0 Å². The molecule has 2 rings (SSSR count). The van der Waals surface area contributed by atoms with Crippen molar-refractivity contribution in [3.05, 3.63) is 33.5 Å². The average molecular weight is 299 g/mol. The number of hydrogen-bond acceptors (Lipinski definition) is 4. The van der Waals surface area contributed by atoms with Gasteiger partial charge in [0.15, 0.2) is 0 Å². The molecule has 0 amide bonds. The zero-order valence-corrected chi connectivity index (χ0v) is 11.2. The molecule has 0 bridgehead atoms. The number of rotatable bonds is 3. The first-order chi connectivity index (χ1) is 7.69. The lowest BCUT2D eigenvalue weighted by molar-refractivity contribution is 0.296. The van der Waals surface area contributed by atoms with Gasteiger partial charge in [0.25, 0.3) is 0 Å². The largest absolute Gasteiger partial charge is 0.396 e. The first-order valence-corrected chi connectivity index (χ1v) is 6.51. The third-order valence-electron chi connectivity index (χ3n) is 2.06. The van der Waals surface area contributed by atoms with Crippen LogP contribution in [0.5, 0.6) is 0 Å². The number of halogens is 1. The first-order valence-electron chi connectivity index (χ1n) is 4.90. The maximum Gasteiger partial charge on any atom is 0.131 e. The molecule has 2 aromatic heterocycles. The molecule has 5 heteroatoms. The second kappa shape index (κ2) is 5.03. The van der Waals surface area contributed by atoms with Crippen molar-refractivity contribution in [1.82, 2.24) is 9.97 Å². The van der Waals surface area contributed by atoms with E-state index < -0.39 is 0 Å². The van der Waals surface area contributed by atoms with Gasteiger partial charge >= 0.3 is 0 Å². The molecular weight excluding hydrogens is 288 g/mol. The summed E-state index contributed by atoms with van der Waals surface area (Å²) in [6, 6.07) is 5.99. The Hall–Kier alpha value is -0.780. The minimum atomic E-state index is 0.0804. The fourth-order valence-corrected chi connectivity index (χ4v) is 2.77. The second-order valence-electron chi connectivity index (χ2n) is 3.39. The van der Waals surface area contributed by atoms with E-state index in [0.29, 0.717) is 12.2 Å². The van der Waals surface area contributed by atoms with E-state index in [2.05, 4.69) is 25.9 Å². The molecule has 0 aromatic carbocycles. The summed E-state index contributed by atoms with van der Waals surface area (Å²) in [6.45, 7) is 2.02. The number of aryl methyl sites for hydroxylation is 1. The van der Waals surface area contributed by atoms with Crippen LogP contribution in [-0.2, 0) is 6.42 Å². The number of thiophene rings is 1. The zero-order valence-electron chi connectivity index (χ0n) is 8.77. The molecule has 2 heterocycles. The molecule has 0 aliphatic carbocycles. The molecule has 16 heavy (non-hydrogen) atoms. The summed E-state index contributed by atoms with van der Waals surface area (Å²) < 4.78 is 1.09. The van der Waals surface area contributed by atoms with Crippen LogP contribution in [-0.4, -0.2) is 21.7 Å². The maximum absolute atomic E-state index is 8.89. The molecule has 84 valence electrons. The van der Waals surface area contributed by atoms with Gasteiger partial charge in [0, 0.05) is 12.1 Å². The van der Waals surface area contributed by atoms with Gasteiger partial charge in [-0.1, -0.05) is 0 Å². The summed E-state index contributed by atoms with van der Waals surface area (Å²) >= 11 is 5.07. The monoisotopic (exact) mass is 298 g/mol. The zero-order chi connectivity index (χ0) is 11.5. The third-order valence-corrected chi connectivity index (χ3v) is 3.71. The van der Waals surface area contributed by atoms with Gasteiger partial charge in [-0.3, -0.25) is 0 Å². The van der Waals surface area contributed by atoms with Crippen molar-refractivity contribution in [3.63, 3.8) is 0 Å². The number of aliphatic hydroxyl groups excluding tert-OH is 1. The molecule has 0 unspecified atom stereocenters. The highest BCUT2D eigenvalue weighted by Crippen LogP contribution is 2.30. The minimum Gasteiger partial charge on any atom is -0.396 e. The standard InChI is InChI=1S/C11H11BrN2OS/c1-7-6-8(9-2-3-10(12)16-9)14-11(13-7)4-5-15/h2-3,6,15H,4-5H2,1H3. The molecule has 0 spiro atoms. The average Bonchev–Trinajstić information content (AvgIpc) is 2.64. The van der Waals surface area contributed by atoms with Crippen LogP contribution >= 0.6 is 27.3 Å². The Morgan fingerprint density at radius 3 is 2.81 bits per heavy atom. The summed E-state index contributed by atoms with van der Waals surface area (Å²) in [7, 11) is 0. The lowest BCUT2D eigenvalue weighted by Crippen LogP contribution is -2.01. The predicted octanol–water partition coefficient (Wildman–Crippen LogP) is 2.81. The van der Waals surface area contributed by atoms with Crippen molar-refractivity contribution in [1.29, 1.82) is 0 Å². The van der Waals surface area contributed by atoms with Crippen molar-refractivity contribution in [2.75, 3.05) is 6.61 Å². The number of aromatic nitrogens is 2. The summed E-state index contributed by atoms with van der Waals surface area (Å²) in [5.41, 5.74) is 1.85. The van der Waals surface area contributed by atoms with Crippen LogP contribution in [0.25, 0.3) is 10.6 Å². The lowest BCUT2D eigenvalue weighted by Gasteiger charge is -2.03. The van der Waals surface area contributed by atoms with Crippen LogP contribution in [0.4, 0.5) is 0 Å². The Balaban J connectivity index is 2.40. The molecule has 0 saturated heterocycles. The Morgan fingerprint density at radius 1 is 1.38 bits per heavy atom. The molecule has 1 N–H and O–H groups in total. The van der Waals surface area contributed by atoms with Gasteiger partial charge in [0.2, 0.25) is 0 Å². The van der Waals surface area contributed by atoms with Gasteiger partial charge in [0.05, 0.1) is 21.0 Å². The van der Waals surface area contributed by atoms with Crippen LogP contribution in [0, 0.1) is 6.92 Å². The van der Waals surface area contributed by atoms with Crippen molar-refractivity contribution >= 4 is 27.3 Å². The lowest BCUT2D eigenvalue weighted by atomic mass is 10.2. The maximum atomic E-state index is 8.89. The Kier molecular flexibility index (Phi) is 3.68. The fourth-order valence-electron chi connectivity index (χ4n) is 1.42. The number of hydrogen-bond donors (Lipinski definition) is 1. The summed E-state index contributed by atoms with van der Waals surface area (Å²) in [5.74, 6) is 0.696. The van der Waals surface area contributed by atoms with Gasteiger partial charge in [-0.05, 0) is 41.1 Å². The van der Waals surface area contributed by atoms with Crippen molar-refractivity contribution in [3.8, 4) is 10.6 Å². The summed E-state index contributed by atoms with van der Waals surface area (Å²) in [5, 5.41) is 8.89. The van der Waals surface area contributed by atoms with E-state index in [1.807, 2.05) is 25.1 Å². The van der Waals surface area contributed by atoms with Gasteiger partial charge < -0.3 is 5.11 Å². The third kappa shape index (κ3) is 2.66. The van der Waals surface area contributed by atoms with E-state index in [-0.39, 0.29) is 6.61 Å². The smallest absolute Gasteiger partial charge is 0.131 e. The van der Waals surface area contributed by atoms with Crippen LogP contribution in [0.2, 0.25) is 0 Å². The highest BCUT2D eigenvalue weighted by atomic mass is 79.9. The second-order valence-corrected chi connectivity index (χ2v) is 5.85. The van der Waals surface area contributed by atoms with E-state index in [9.17, 15) is 0 Å². The van der Waals surface area contributed by atoms with E-state index in [1.165, 1.54) is 0 Å². The van der Waals surface area contributed by atoms with Crippen LogP contribution in [0.15, 0.2) is 22.0 Å². The molecule has 0 atom stereocenters. The fraction of sp³-hybridized carbons (Fsp3) is 0.273. The van der Waals surface area contributed by atoms with Gasteiger partial charge in [-0.2, -0.15) is 0 Å². The first kappa shape index (κ1) is 11.7. The van der Waals surface area contributed by atoms with Gasteiger partial charge in [0.1, 0.15) is 5.82 Å². The number of nitrogens with zero attached hydrogens (tertiary/aromatic N) is 2. The van der Waals surface area contributed by atoms with Crippen molar-refractivity contribution in [2.24, 2.45) is 0 Å². The predicted molar refractivity (Wildman–Crippen MR) is 68.6 cm³/mol. The quantitative estimate of drug-likeness (QED) is 0.948. The SMILES string of the molecule is Cc1cc(-c2ccc(Br)s2)nc(CCO)n1. The van der Waals surface area contributed by atoms with E-state index in [0.717, 1.165) is 20.1 Å². The van der Waals surface area contributed by atoms with Crippen LogP contribution < -0.4 is 0 Å². The Bertz CT molecular complexity index is 498. The molecule has 0 aliphatic heterocycles. The molecule has 0 aliphatic rings. The van der Waals surface area contributed by atoms with Crippen LogP contribution in [0.3, 0.4) is 0 Å². The molecule has 0 fully saturated rings. The van der Waals surface area contributed by atoms with E-state index >= 15 is 0 Å². The summed E-state index contributed by atoms with van der Waals surface area (Å²) in [4.78, 5) is 9.81. The molecule has 3 nitrogen and oxygen atoms in total. The Labute approximate surface area is 106 Å². The molecular formula is C11H11BrN2OS. The number of aliphatic hydroxyl groups is 1. The van der Waals surface area contributed by atoms with Crippen molar-refractivity contribution in [2.45, 2.75) is 13.3 Å². The Morgan fingerprint density at radius 2 is 2.19 bits per heavy atom. The van der Waals surface area contributed by atoms with Gasteiger partial charge in [-0.15, -0.1) is 11.3 Å². The highest BCUT2D eigenvalue weighted by molar-refractivity contribution is 9.11. The molecule has 2 aromatic rings. The van der Waals surface area contributed by atoms with Gasteiger partial charge in [-0.25, -0.2) is 9.97 Å². The molecule has 0 radical (unpaired) electrons. The van der Waals surface area contributed by atoms with Crippen LogP contribution in [0.1, 0.15) is 11.5 Å². The van der Waals surface area contributed by atoms with E-state index in [1.54, 1.807) is 11.3 Å².